The molecule has 3 aromatic rings. The zero-order valence-electron chi connectivity index (χ0n) is 10.9. The van der Waals surface area contributed by atoms with Crippen LogP contribution in [0.5, 0.6) is 0 Å². The van der Waals surface area contributed by atoms with Gasteiger partial charge in [0.1, 0.15) is 10.6 Å². The third-order valence-corrected chi connectivity index (χ3v) is 4.22. The highest BCUT2D eigenvalue weighted by atomic mass is 35.5. The summed E-state index contributed by atoms with van der Waals surface area (Å²) in [5.41, 5.74) is 2.05. The molecule has 21 heavy (non-hydrogen) atoms. The second-order valence-electron chi connectivity index (χ2n) is 4.40. The van der Waals surface area contributed by atoms with Crippen LogP contribution in [-0.2, 0) is 0 Å². The first-order chi connectivity index (χ1) is 10.1. The Kier molecular flexibility index (Phi) is 3.48. The molecule has 2 heterocycles. The Morgan fingerprint density at radius 2 is 2.19 bits per heavy atom. The van der Waals surface area contributed by atoms with E-state index in [-0.39, 0.29) is 5.56 Å². The van der Waals surface area contributed by atoms with Crippen LogP contribution in [0.25, 0.3) is 10.9 Å². The number of nitrogens with one attached hydrogen (secondary N) is 1. The number of carboxylic acids is 1. The number of rotatable bonds is 3. The van der Waals surface area contributed by atoms with E-state index in [4.69, 9.17) is 11.6 Å². The number of halogens is 1. The monoisotopic (exact) mass is 319 g/mol. The summed E-state index contributed by atoms with van der Waals surface area (Å²) in [6.07, 6.45) is 1.67. The normalized spacial score (nSPS) is 10.8. The molecular formula is C14H10ClN3O2S. The molecule has 0 saturated heterocycles. The van der Waals surface area contributed by atoms with E-state index >= 15 is 0 Å². The van der Waals surface area contributed by atoms with Gasteiger partial charge in [0, 0.05) is 11.6 Å². The number of pyridine rings is 1. The van der Waals surface area contributed by atoms with E-state index in [9.17, 15) is 9.90 Å². The minimum absolute atomic E-state index is 0.180. The number of fused-ring (bicyclic) bond motifs is 1. The standard InChI is InChI=1S/C14H10ClN3O2S/c1-7-11(14(19)20)13(21-18-7)17-10-5-4-9(15)8-3-2-6-16-12(8)10/h2-6,17H,1H3,(H,19,20). The van der Waals surface area contributed by atoms with Gasteiger partial charge in [-0.15, -0.1) is 0 Å². The summed E-state index contributed by atoms with van der Waals surface area (Å²) in [5.74, 6) is -1.00. The van der Waals surface area contributed by atoms with Crippen molar-refractivity contribution in [2.75, 3.05) is 5.32 Å². The molecule has 7 heteroatoms. The molecule has 0 aliphatic rings. The van der Waals surface area contributed by atoms with Crippen LogP contribution in [0, 0.1) is 6.92 Å². The lowest BCUT2D eigenvalue weighted by molar-refractivity contribution is 0.0697. The number of aromatic carboxylic acids is 1. The topological polar surface area (TPSA) is 75.1 Å². The van der Waals surface area contributed by atoms with Crippen molar-refractivity contribution in [2.45, 2.75) is 6.92 Å². The van der Waals surface area contributed by atoms with Gasteiger partial charge in [0.2, 0.25) is 0 Å². The van der Waals surface area contributed by atoms with Gasteiger partial charge in [0.05, 0.1) is 21.9 Å². The van der Waals surface area contributed by atoms with Gasteiger partial charge in [0.25, 0.3) is 0 Å². The van der Waals surface area contributed by atoms with Gasteiger partial charge in [0.15, 0.2) is 0 Å². The van der Waals surface area contributed by atoms with E-state index < -0.39 is 5.97 Å². The summed E-state index contributed by atoms with van der Waals surface area (Å²) in [5, 5.41) is 14.2. The van der Waals surface area contributed by atoms with Crippen LogP contribution < -0.4 is 5.32 Å². The smallest absolute Gasteiger partial charge is 0.340 e. The van der Waals surface area contributed by atoms with Gasteiger partial charge in [-0.3, -0.25) is 4.98 Å². The molecule has 2 N–H and O–H groups in total. The number of hydrogen-bond donors (Lipinski definition) is 2. The minimum Gasteiger partial charge on any atom is -0.478 e. The highest BCUT2D eigenvalue weighted by Crippen LogP contribution is 2.33. The Morgan fingerprint density at radius 1 is 1.38 bits per heavy atom. The van der Waals surface area contributed by atoms with Crippen molar-refractivity contribution in [3.63, 3.8) is 0 Å². The predicted molar refractivity (Wildman–Crippen MR) is 83.8 cm³/mol. The van der Waals surface area contributed by atoms with E-state index in [0.717, 1.165) is 16.9 Å². The molecule has 0 aliphatic heterocycles. The summed E-state index contributed by atoms with van der Waals surface area (Å²) in [6.45, 7) is 1.67. The highest BCUT2D eigenvalue weighted by molar-refractivity contribution is 7.10. The number of aryl methyl sites for hydroxylation is 1. The molecule has 106 valence electrons. The van der Waals surface area contributed by atoms with Crippen LogP contribution in [0.1, 0.15) is 16.1 Å². The molecule has 5 nitrogen and oxygen atoms in total. The van der Waals surface area contributed by atoms with Crippen molar-refractivity contribution in [3.8, 4) is 0 Å². The summed E-state index contributed by atoms with van der Waals surface area (Å²) in [4.78, 5) is 15.6. The van der Waals surface area contributed by atoms with Crippen LogP contribution in [0.4, 0.5) is 10.7 Å². The number of aromatic nitrogens is 2. The molecule has 0 fully saturated rings. The van der Waals surface area contributed by atoms with Crippen LogP contribution >= 0.6 is 23.1 Å². The number of carboxylic acid groups (broad SMARTS) is 1. The van der Waals surface area contributed by atoms with E-state index in [1.54, 1.807) is 31.3 Å². The number of nitrogens with zero attached hydrogens (tertiary/aromatic N) is 2. The van der Waals surface area contributed by atoms with Crippen molar-refractivity contribution in [1.29, 1.82) is 0 Å². The SMILES string of the molecule is Cc1nsc(Nc2ccc(Cl)c3cccnc23)c1C(=O)O. The quantitative estimate of drug-likeness (QED) is 0.760. The molecule has 0 amide bonds. The van der Waals surface area contributed by atoms with Gasteiger partial charge in [-0.1, -0.05) is 11.6 Å². The van der Waals surface area contributed by atoms with Gasteiger partial charge in [-0.25, -0.2) is 4.79 Å². The number of hydrogen-bond acceptors (Lipinski definition) is 5. The Morgan fingerprint density at radius 3 is 2.95 bits per heavy atom. The highest BCUT2D eigenvalue weighted by Gasteiger charge is 2.18. The average Bonchev–Trinajstić information content (AvgIpc) is 2.83. The first-order valence-corrected chi connectivity index (χ1v) is 7.23. The average molecular weight is 320 g/mol. The molecule has 1 aromatic carbocycles. The molecule has 2 aromatic heterocycles. The zero-order chi connectivity index (χ0) is 15.0. The van der Waals surface area contributed by atoms with Crippen LogP contribution in [0.3, 0.4) is 0 Å². The lowest BCUT2D eigenvalue weighted by Gasteiger charge is -2.09. The Labute approximate surface area is 129 Å². The fraction of sp³-hybridized carbons (Fsp3) is 0.0714. The summed E-state index contributed by atoms with van der Waals surface area (Å²) < 4.78 is 4.08. The van der Waals surface area contributed by atoms with Crippen LogP contribution in [0.15, 0.2) is 30.5 Å². The summed E-state index contributed by atoms with van der Waals surface area (Å²) >= 11 is 7.26. The number of benzene rings is 1. The molecule has 0 saturated carbocycles. The van der Waals surface area contributed by atoms with Crippen LogP contribution in [0.2, 0.25) is 5.02 Å². The molecular weight excluding hydrogens is 310 g/mol. The lowest BCUT2D eigenvalue weighted by atomic mass is 10.2. The summed E-state index contributed by atoms with van der Waals surface area (Å²) in [7, 11) is 0. The maximum atomic E-state index is 11.3. The molecule has 0 atom stereocenters. The van der Waals surface area contributed by atoms with E-state index in [2.05, 4.69) is 14.7 Å². The van der Waals surface area contributed by atoms with Crippen LogP contribution in [-0.4, -0.2) is 20.4 Å². The zero-order valence-corrected chi connectivity index (χ0v) is 12.5. The third-order valence-electron chi connectivity index (χ3n) is 3.04. The van der Waals surface area contributed by atoms with Gasteiger partial charge < -0.3 is 10.4 Å². The van der Waals surface area contributed by atoms with Crippen molar-refractivity contribution >= 4 is 50.7 Å². The van der Waals surface area contributed by atoms with Crippen molar-refractivity contribution in [3.05, 3.63) is 46.7 Å². The second kappa shape index (κ2) is 5.31. The van der Waals surface area contributed by atoms with E-state index in [1.807, 2.05) is 6.07 Å². The van der Waals surface area contributed by atoms with Gasteiger partial charge in [-0.05, 0) is 42.7 Å². The van der Waals surface area contributed by atoms with E-state index in [1.165, 1.54) is 0 Å². The Bertz CT molecular complexity index is 847. The third kappa shape index (κ3) is 2.43. The number of anilines is 2. The largest absolute Gasteiger partial charge is 0.478 e. The van der Waals surface area contributed by atoms with E-state index in [0.29, 0.717) is 26.9 Å². The fourth-order valence-corrected chi connectivity index (χ4v) is 3.08. The predicted octanol–water partition coefficient (Wildman–Crippen LogP) is 4.09. The van der Waals surface area contributed by atoms with Gasteiger partial charge in [-0.2, -0.15) is 4.37 Å². The van der Waals surface area contributed by atoms with Gasteiger partial charge >= 0.3 is 5.97 Å². The molecule has 3 rings (SSSR count). The Balaban J connectivity index is 2.11. The lowest BCUT2D eigenvalue weighted by Crippen LogP contribution is -2.02. The Hall–Kier alpha value is -2.18. The van der Waals surface area contributed by atoms with Crippen molar-refractivity contribution in [1.82, 2.24) is 9.36 Å². The maximum Gasteiger partial charge on any atom is 0.340 e. The van der Waals surface area contributed by atoms with Crippen molar-refractivity contribution < 1.29 is 9.90 Å². The second-order valence-corrected chi connectivity index (χ2v) is 5.58. The fourth-order valence-electron chi connectivity index (χ4n) is 2.07. The first kappa shape index (κ1) is 13.8. The minimum atomic E-state index is -1.00. The van der Waals surface area contributed by atoms with Crippen molar-refractivity contribution in [2.24, 2.45) is 0 Å². The maximum absolute atomic E-state index is 11.3. The first-order valence-electron chi connectivity index (χ1n) is 6.07. The molecule has 0 aliphatic carbocycles. The molecule has 0 radical (unpaired) electrons. The number of carbonyl (C=O) groups is 1. The molecule has 0 unspecified atom stereocenters. The summed E-state index contributed by atoms with van der Waals surface area (Å²) in [6, 6.07) is 7.20. The molecule has 0 spiro atoms. The molecule has 0 bridgehead atoms.